The van der Waals surface area contributed by atoms with Crippen molar-refractivity contribution in [2.45, 2.75) is 26.6 Å². The lowest BCUT2D eigenvalue weighted by Crippen LogP contribution is -2.30. The van der Waals surface area contributed by atoms with Crippen LogP contribution in [0.3, 0.4) is 0 Å². The van der Waals surface area contributed by atoms with Crippen LogP contribution in [-0.4, -0.2) is 19.2 Å². The summed E-state index contributed by atoms with van der Waals surface area (Å²) >= 11 is 0. The number of hydrogen-bond donors (Lipinski definition) is 0. The van der Waals surface area contributed by atoms with Gasteiger partial charge in [-0.15, -0.1) is 0 Å². The average Bonchev–Trinajstić information content (AvgIpc) is 2.30. The molecule has 0 N–H and O–H groups in total. The van der Waals surface area contributed by atoms with Crippen LogP contribution in [-0.2, 0) is 20.9 Å². The predicted octanol–water partition coefficient (Wildman–Crippen LogP) is 2.40. The van der Waals surface area contributed by atoms with Gasteiger partial charge in [0.15, 0.2) is 6.10 Å². The molecule has 0 saturated carbocycles. The van der Waals surface area contributed by atoms with E-state index >= 15 is 0 Å². The van der Waals surface area contributed by atoms with E-state index in [9.17, 15) is 4.79 Å². The minimum Gasteiger partial charge on any atom is -0.467 e. The first-order chi connectivity index (χ1) is 7.65. The van der Waals surface area contributed by atoms with Crippen molar-refractivity contribution in [2.24, 2.45) is 5.92 Å². The first-order valence-electron chi connectivity index (χ1n) is 5.38. The monoisotopic (exact) mass is 222 g/mol. The maximum atomic E-state index is 11.4. The van der Waals surface area contributed by atoms with Crippen LogP contribution in [0.5, 0.6) is 0 Å². The van der Waals surface area contributed by atoms with Crippen molar-refractivity contribution in [2.75, 3.05) is 7.11 Å². The molecular formula is C13H18O3. The fraction of sp³-hybridized carbons (Fsp3) is 0.462. The third kappa shape index (κ3) is 3.66. The Kier molecular flexibility index (Phi) is 4.99. The van der Waals surface area contributed by atoms with Crippen LogP contribution in [0.15, 0.2) is 30.3 Å². The molecule has 0 aliphatic heterocycles. The molecule has 0 spiro atoms. The van der Waals surface area contributed by atoms with Gasteiger partial charge in [0.05, 0.1) is 13.7 Å². The highest BCUT2D eigenvalue weighted by Gasteiger charge is 2.23. The topological polar surface area (TPSA) is 35.5 Å². The van der Waals surface area contributed by atoms with Crippen molar-refractivity contribution in [1.29, 1.82) is 0 Å². The van der Waals surface area contributed by atoms with Gasteiger partial charge in [-0.1, -0.05) is 44.2 Å². The summed E-state index contributed by atoms with van der Waals surface area (Å²) in [5.74, 6) is -0.206. The lowest BCUT2D eigenvalue weighted by molar-refractivity contribution is -0.158. The van der Waals surface area contributed by atoms with Crippen LogP contribution < -0.4 is 0 Å². The minimum atomic E-state index is -0.495. The number of benzene rings is 1. The second-order valence-corrected chi connectivity index (χ2v) is 3.98. The summed E-state index contributed by atoms with van der Waals surface area (Å²) < 4.78 is 10.3. The van der Waals surface area contributed by atoms with Gasteiger partial charge in [0.1, 0.15) is 0 Å². The minimum absolute atomic E-state index is 0.108. The standard InChI is InChI=1S/C13H18O3/c1-10(2)12(13(14)15-3)16-9-11-7-5-4-6-8-11/h4-8,10,12H,9H2,1-3H3. The Bertz CT molecular complexity index is 319. The zero-order valence-electron chi connectivity index (χ0n) is 9.97. The molecule has 0 radical (unpaired) electrons. The second-order valence-electron chi connectivity index (χ2n) is 3.98. The van der Waals surface area contributed by atoms with Crippen molar-refractivity contribution in [3.8, 4) is 0 Å². The highest BCUT2D eigenvalue weighted by Crippen LogP contribution is 2.11. The molecule has 1 aromatic carbocycles. The number of methoxy groups -OCH3 is 1. The zero-order chi connectivity index (χ0) is 12.0. The molecule has 1 rings (SSSR count). The van der Waals surface area contributed by atoms with Crippen LogP contribution in [0.2, 0.25) is 0 Å². The Balaban J connectivity index is 2.54. The Labute approximate surface area is 96.4 Å². The lowest BCUT2D eigenvalue weighted by Gasteiger charge is -2.18. The number of ether oxygens (including phenoxy) is 2. The molecule has 0 aliphatic carbocycles. The molecular weight excluding hydrogens is 204 g/mol. The van der Waals surface area contributed by atoms with E-state index < -0.39 is 6.10 Å². The maximum Gasteiger partial charge on any atom is 0.335 e. The molecule has 1 unspecified atom stereocenters. The van der Waals surface area contributed by atoms with Gasteiger partial charge in [-0.05, 0) is 11.5 Å². The van der Waals surface area contributed by atoms with Gasteiger partial charge < -0.3 is 9.47 Å². The first-order valence-corrected chi connectivity index (χ1v) is 5.38. The molecule has 0 aromatic heterocycles. The Morgan fingerprint density at radius 1 is 1.25 bits per heavy atom. The average molecular weight is 222 g/mol. The van der Waals surface area contributed by atoms with Gasteiger partial charge >= 0.3 is 5.97 Å². The fourth-order valence-corrected chi connectivity index (χ4v) is 1.41. The van der Waals surface area contributed by atoms with Crippen molar-refractivity contribution in [3.05, 3.63) is 35.9 Å². The van der Waals surface area contributed by atoms with E-state index in [1.807, 2.05) is 44.2 Å². The van der Waals surface area contributed by atoms with Gasteiger partial charge in [-0.3, -0.25) is 0 Å². The molecule has 0 saturated heterocycles. The second kappa shape index (κ2) is 6.28. The zero-order valence-corrected chi connectivity index (χ0v) is 9.97. The van der Waals surface area contributed by atoms with E-state index in [1.54, 1.807) is 0 Å². The van der Waals surface area contributed by atoms with Gasteiger partial charge in [-0.2, -0.15) is 0 Å². The number of esters is 1. The predicted molar refractivity (Wildman–Crippen MR) is 61.9 cm³/mol. The summed E-state index contributed by atoms with van der Waals surface area (Å²) in [4.78, 5) is 11.4. The molecule has 0 bridgehead atoms. The van der Waals surface area contributed by atoms with Crippen LogP contribution in [0.25, 0.3) is 0 Å². The summed E-state index contributed by atoms with van der Waals surface area (Å²) in [5, 5.41) is 0. The summed E-state index contributed by atoms with van der Waals surface area (Å²) in [6.07, 6.45) is -0.495. The lowest BCUT2D eigenvalue weighted by atomic mass is 10.1. The van der Waals surface area contributed by atoms with Crippen molar-refractivity contribution >= 4 is 5.97 Å². The summed E-state index contributed by atoms with van der Waals surface area (Å²) in [6.45, 7) is 4.30. The fourth-order valence-electron chi connectivity index (χ4n) is 1.41. The van der Waals surface area contributed by atoms with Gasteiger partial charge in [0.2, 0.25) is 0 Å². The van der Waals surface area contributed by atoms with E-state index in [4.69, 9.17) is 9.47 Å². The molecule has 0 fully saturated rings. The molecule has 3 heteroatoms. The summed E-state index contributed by atoms with van der Waals surface area (Å²) in [6, 6.07) is 9.77. The van der Waals surface area contributed by atoms with Gasteiger partial charge in [0, 0.05) is 0 Å². The van der Waals surface area contributed by atoms with Crippen molar-refractivity contribution < 1.29 is 14.3 Å². The third-order valence-corrected chi connectivity index (χ3v) is 2.31. The van der Waals surface area contributed by atoms with Crippen LogP contribution in [0, 0.1) is 5.92 Å². The van der Waals surface area contributed by atoms with E-state index in [0.717, 1.165) is 5.56 Å². The number of rotatable bonds is 5. The molecule has 0 aliphatic rings. The van der Waals surface area contributed by atoms with Crippen LogP contribution in [0.4, 0.5) is 0 Å². The molecule has 16 heavy (non-hydrogen) atoms. The number of carbonyl (C=O) groups excluding carboxylic acids is 1. The highest BCUT2D eigenvalue weighted by molar-refractivity contribution is 5.74. The first kappa shape index (κ1) is 12.7. The van der Waals surface area contributed by atoms with Crippen molar-refractivity contribution in [1.82, 2.24) is 0 Å². The Morgan fingerprint density at radius 3 is 2.38 bits per heavy atom. The van der Waals surface area contributed by atoms with Gasteiger partial charge in [0.25, 0.3) is 0 Å². The molecule has 3 nitrogen and oxygen atoms in total. The molecule has 0 amide bonds. The number of hydrogen-bond acceptors (Lipinski definition) is 3. The van der Waals surface area contributed by atoms with Crippen LogP contribution in [0.1, 0.15) is 19.4 Å². The molecule has 0 heterocycles. The Hall–Kier alpha value is -1.35. The highest BCUT2D eigenvalue weighted by atomic mass is 16.6. The smallest absolute Gasteiger partial charge is 0.335 e. The van der Waals surface area contributed by atoms with Crippen molar-refractivity contribution in [3.63, 3.8) is 0 Å². The molecule has 88 valence electrons. The van der Waals surface area contributed by atoms with Gasteiger partial charge in [-0.25, -0.2) is 4.79 Å². The quantitative estimate of drug-likeness (QED) is 0.718. The summed E-state index contributed by atoms with van der Waals surface area (Å²) in [7, 11) is 1.38. The van der Waals surface area contributed by atoms with E-state index in [1.165, 1.54) is 7.11 Å². The SMILES string of the molecule is COC(=O)C(OCc1ccccc1)C(C)C. The van der Waals surface area contributed by atoms with E-state index in [0.29, 0.717) is 6.61 Å². The van der Waals surface area contributed by atoms with E-state index in [2.05, 4.69) is 0 Å². The largest absolute Gasteiger partial charge is 0.467 e. The maximum absolute atomic E-state index is 11.4. The van der Waals surface area contributed by atoms with Crippen LogP contribution >= 0.6 is 0 Å². The molecule has 1 aromatic rings. The number of carbonyl (C=O) groups is 1. The van der Waals surface area contributed by atoms with E-state index in [-0.39, 0.29) is 11.9 Å². The Morgan fingerprint density at radius 2 is 1.88 bits per heavy atom. The normalized spacial score (nSPS) is 12.5. The molecule has 1 atom stereocenters. The summed E-state index contributed by atoms with van der Waals surface area (Å²) in [5.41, 5.74) is 1.05. The third-order valence-electron chi connectivity index (χ3n) is 2.31.